The molecule has 8 heteroatoms. The zero-order valence-electron chi connectivity index (χ0n) is 20.6. The number of hydrogen-bond donors (Lipinski definition) is 2. The van der Waals surface area contributed by atoms with Gasteiger partial charge in [-0.3, -0.25) is 4.79 Å². The lowest BCUT2D eigenvalue weighted by Gasteiger charge is -2.22. The molecular formula is C27H27FN4O3. The van der Waals surface area contributed by atoms with Crippen LogP contribution in [0.2, 0.25) is 0 Å². The summed E-state index contributed by atoms with van der Waals surface area (Å²) in [5.74, 6) is 4.95. The van der Waals surface area contributed by atoms with Crippen LogP contribution in [-0.4, -0.2) is 45.5 Å². The van der Waals surface area contributed by atoms with Crippen molar-refractivity contribution >= 4 is 17.6 Å². The number of benzene rings is 2. The predicted octanol–water partition coefficient (Wildman–Crippen LogP) is 3.27. The number of likely N-dealkylation sites (N-methyl/N-ethyl adjacent to an activating group) is 1. The summed E-state index contributed by atoms with van der Waals surface area (Å²) in [6.07, 6.45) is 4.50. The molecule has 2 N–H and O–H groups in total. The third-order valence-corrected chi connectivity index (χ3v) is 5.62. The van der Waals surface area contributed by atoms with Crippen LogP contribution in [0.15, 0.2) is 54.9 Å². The molecule has 0 radical (unpaired) electrons. The van der Waals surface area contributed by atoms with Gasteiger partial charge in [-0.2, -0.15) is 9.78 Å². The Bertz CT molecular complexity index is 1340. The molecule has 35 heavy (non-hydrogen) atoms. The Labute approximate surface area is 205 Å². The molecule has 1 aliphatic rings. The molecule has 3 aromatic rings. The molecule has 0 saturated carbocycles. The minimum Gasteiger partial charge on any atom is -0.378 e. The Morgan fingerprint density at radius 2 is 2.06 bits per heavy atom. The first-order chi connectivity index (χ1) is 17.1. The number of halogens is 1. The maximum absolute atomic E-state index is 13.3. The molecule has 4 rings (SSSR count). The molecule has 0 saturated heterocycles. The van der Waals surface area contributed by atoms with Gasteiger partial charge in [0.15, 0.2) is 0 Å². The lowest BCUT2D eigenvalue weighted by molar-refractivity contribution is -0.120. The van der Waals surface area contributed by atoms with Crippen molar-refractivity contribution in [2.75, 3.05) is 11.9 Å². The monoisotopic (exact) mass is 475 g/mol. The number of hydrogen-bond acceptors (Lipinski definition) is 4. The second-order valence-electron chi connectivity index (χ2n) is 9.06. The fourth-order valence-corrected chi connectivity index (χ4v) is 3.81. The van der Waals surface area contributed by atoms with E-state index in [-0.39, 0.29) is 18.7 Å². The molecule has 1 aliphatic heterocycles. The Morgan fingerprint density at radius 1 is 1.29 bits per heavy atom. The van der Waals surface area contributed by atoms with Gasteiger partial charge in [0.05, 0.1) is 6.20 Å². The number of anilines is 1. The van der Waals surface area contributed by atoms with Gasteiger partial charge in [0.2, 0.25) is 5.91 Å². The number of aryl methyl sites for hydroxylation is 1. The van der Waals surface area contributed by atoms with Crippen LogP contribution >= 0.6 is 0 Å². The third-order valence-electron chi connectivity index (χ3n) is 5.62. The van der Waals surface area contributed by atoms with E-state index in [1.165, 1.54) is 17.0 Å². The summed E-state index contributed by atoms with van der Waals surface area (Å²) in [7, 11) is -0.315. The van der Waals surface area contributed by atoms with Crippen LogP contribution in [0.1, 0.15) is 43.9 Å². The van der Waals surface area contributed by atoms with Gasteiger partial charge in [-0.05, 0) is 67.6 Å². The summed E-state index contributed by atoms with van der Waals surface area (Å²) in [5.41, 5.74) is 2.57. The second kappa shape index (κ2) is 9.72. The van der Waals surface area contributed by atoms with E-state index in [2.05, 4.69) is 22.3 Å². The van der Waals surface area contributed by atoms with Crippen molar-refractivity contribution in [1.82, 2.24) is 15.1 Å². The minimum absolute atomic E-state index is 0.315. The van der Waals surface area contributed by atoms with Gasteiger partial charge in [-0.1, -0.05) is 30.0 Å². The molecule has 0 aliphatic carbocycles. The third kappa shape index (κ3) is 5.94. The van der Waals surface area contributed by atoms with Gasteiger partial charge in [-0.15, -0.1) is 0 Å². The Hall–Kier alpha value is -3.96. The highest BCUT2D eigenvalue weighted by atomic mass is 19.1. The Morgan fingerprint density at radius 3 is 2.77 bits per heavy atom. The zero-order chi connectivity index (χ0) is 25.9. The van der Waals surface area contributed by atoms with Crippen LogP contribution in [0.5, 0.6) is 0 Å². The molecule has 7 nitrogen and oxygen atoms in total. The van der Waals surface area contributed by atoms with E-state index in [1.54, 1.807) is 44.4 Å². The molecule has 180 valence electrons. The lowest BCUT2D eigenvalue weighted by atomic mass is 10.0. The first-order valence-corrected chi connectivity index (χ1v) is 11.2. The topological polar surface area (TPSA) is 87.5 Å². The van der Waals surface area contributed by atoms with Crippen LogP contribution in [-0.2, 0) is 17.6 Å². The van der Waals surface area contributed by atoms with Gasteiger partial charge in [0.25, 0.3) is 0 Å². The molecule has 2 aromatic carbocycles. The molecule has 2 amide bonds. The van der Waals surface area contributed by atoms with Crippen molar-refractivity contribution in [3.63, 3.8) is 0 Å². The molecule has 1 unspecified atom stereocenters. The highest BCUT2D eigenvalue weighted by Crippen LogP contribution is 2.27. The summed E-state index contributed by atoms with van der Waals surface area (Å²) in [5, 5.41) is 16.7. The van der Waals surface area contributed by atoms with Gasteiger partial charge in [-0.25, -0.2) is 9.18 Å². The standard InChI is InChI=1S/C27H27FN4O3/c1-27(2,35)13-12-19-4-7-21-8-11-23(25(33)31(3)24(21)15-19)30-26(34)32-17-20(16-29-32)14-18-5-9-22(28)10-6-18/h4-7,9-10,15-17,23,35H,8,11,14H2,1-3H3,(H,30,34)/i3D. The Kier molecular flexibility index (Phi) is 6.34. The molecule has 0 spiro atoms. The first-order valence-electron chi connectivity index (χ1n) is 11.9. The molecule has 1 atom stereocenters. The van der Waals surface area contributed by atoms with Crippen LogP contribution in [0, 0.1) is 17.7 Å². The zero-order valence-corrected chi connectivity index (χ0v) is 19.6. The van der Waals surface area contributed by atoms with Gasteiger partial charge < -0.3 is 15.3 Å². The number of nitrogens with one attached hydrogen (secondary N) is 1. The summed E-state index contributed by atoms with van der Waals surface area (Å²) in [6, 6.07) is 10.1. The second-order valence-corrected chi connectivity index (χ2v) is 9.06. The minimum atomic E-state index is -1.15. The van der Waals surface area contributed by atoms with Gasteiger partial charge in [0.1, 0.15) is 17.5 Å². The van der Waals surface area contributed by atoms with E-state index >= 15 is 0 Å². The summed E-state index contributed by atoms with van der Waals surface area (Å²) < 4.78 is 22.2. The molecule has 0 fully saturated rings. The SMILES string of the molecule is [2H]CN1C(=O)C(NC(=O)n2cc(Cc3ccc(F)cc3)cn2)CCc2ccc(C#CC(C)(C)O)cc21. The predicted molar refractivity (Wildman–Crippen MR) is 130 cm³/mol. The van der Waals surface area contributed by atoms with Crippen LogP contribution in [0.25, 0.3) is 0 Å². The summed E-state index contributed by atoms with van der Waals surface area (Å²) >= 11 is 0. The number of carbonyl (C=O) groups is 2. The Balaban J connectivity index is 1.48. The van der Waals surface area contributed by atoms with Crippen molar-refractivity contribution < 1.29 is 20.5 Å². The van der Waals surface area contributed by atoms with Crippen molar-refractivity contribution in [2.24, 2.45) is 0 Å². The summed E-state index contributed by atoms with van der Waals surface area (Å²) in [4.78, 5) is 27.5. The van der Waals surface area contributed by atoms with E-state index in [0.717, 1.165) is 21.4 Å². The molecule has 2 heterocycles. The maximum Gasteiger partial charge on any atom is 0.342 e. The molecule has 1 aromatic heterocycles. The van der Waals surface area contributed by atoms with Gasteiger partial charge >= 0.3 is 6.03 Å². The number of aromatic nitrogens is 2. The first kappa shape index (κ1) is 22.8. The number of nitrogens with zero attached hydrogens (tertiary/aromatic N) is 3. The fourth-order valence-electron chi connectivity index (χ4n) is 3.81. The van der Waals surface area contributed by atoms with Crippen LogP contribution in [0.4, 0.5) is 14.9 Å². The number of fused-ring (bicyclic) bond motifs is 1. The van der Waals surface area contributed by atoms with Crippen molar-refractivity contribution in [3.05, 3.63) is 82.9 Å². The molecule has 0 bridgehead atoms. The summed E-state index contributed by atoms with van der Waals surface area (Å²) in [6.45, 7) is 3.17. The van der Waals surface area contributed by atoms with Gasteiger partial charge in [0, 0.05) is 32.3 Å². The van der Waals surface area contributed by atoms with E-state index in [4.69, 9.17) is 1.37 Å². The maximum atomic E-state index is 13.3. The number of aliphatic hydroxyl groups is 1. The lowest BCUT2D eigenvalue weighted by Crippen LogP contribution is -2.48. The van der Waals surface area contributed by atoms with E-state index in [1.807, 2.05) is 12.1 Å². The number of amides is 2. The normalized spacial score (nSPS) is 16.0. The highest BCUT2D eigenvalue weighted by molar-refractivity contribution is 6.00. The van der Waals surface area contributed by atoms with Crippen molar-refractivity contribution in [2.45, 2.75) is 44.8 Å². The van der Waals surface area contributed by atoms with E-state index in [0.29, 0.717) is 30.5 Å². The molecular weight excluding hydrogens is 447 g/mol. The van der Waals surface area contributed by atoms with Crippen molar-refractivity contribution in [3.8, 4) is 11.8 Å². The largest absolute Gasteiger partial charge is 0.378 e. The van der Waals surface area contributed by atoms with Crippen LogP contribution in [0.3, 0.4) is 0 Å². The number of carbonyl (C=O) groups excluding carboxylic acids is 2. The smallest absolute Gasteiger partial charge is 0.342 e. The number of rotatable bonds is 3. The average Bonchev–Trinajstić information content (AvgIpc) is 3.26. The van der Waals surface area contributed by atoms with Crippen molar-refractivity contribution in [1.29, 1.82) is 0 Å². The average molecular weight is 476 g/mol. The van der Waals surface area contributed by atoms with E-state index < -0.39 is 17.7 Å². The fraction of sp³-hybridized carbons (Fsp3) is 0.296. The van der Waals surface area contributed by atoms with Crippen LogP contribution < -0.4 is 10.2 Å². The highest BCUT2D eigenvalue weighted by Gasteiger charge is 2.30. The quantitative estimate of drug-likeness (QED) is 0.570. The van der Waals surface area contributed by atoms with E-state index in [9.17, 15) is 19.1 Å².